The van der Waals surface area contributed by atoms with E-state index in [0.717, 1.165) is 6.42 Å². The Morgan fingerprint density at radius 1 is 1.21 bits per heavy atom. The van der Waals surface area contributed by atoms with Crippen molar-refractivity contribution in [1.29, 1.82) is 0 Å². The normalized spacial score (nSPS) is 26.4. The quantitative estimate of drug-likeness (QED) is 0.699. The average molecular weight is 252 g/mol. The third-order valence-electron chi connectivity index (χ3n) is 4.91. The first-order chi connectivity index (χ1) is 9.15. The molecule has 4 rings (SSSR count). The lowest BCUT2D eigenvalue weighted by atomic mass is 9.96. The summed E-state index contributed by atoms with van der Waals surface area (Å²) >= 11 is 0. The molecule has 98 valence electrons. The Morgan fingerprint density at radius 2 is 2.05 bits per heavy atom. The van der Waals surface area contributed by atoms with E-state index in [1.54, 1.807) is 5.57 Å². The Hall–Kier alpha value is -1.54. The fourth-order valence-electron chi connectivity index (χ4n) is 3.99. The van der Waals surface area contributed by atoms with Crippen LogP contribution in [0.5, 0.6) is 0 Å². The predicted molar refractivity (Wildman–Crippen MR) is 80.2 cm³/mol. The molecule has 0 radical (unpaired) electrons. The fourth-order valence-corrected chi connectivity index (χ4v) is 3.99. The number of hydrogen-bond acceptors (Lipinski definition) is 1. The molecule has 2 aromatic rings. The first-order valence-corrected chi connectivity index (χ1v) is 7.14. The van der Waals surface area contributed by atoms with Crippen LogP contribution in [-0.2, 0) is 13.5 Å². The van der Waals surface area contributed by atoms with Crippen molar-refractivity contribution in [2.75, 3.05) is 13.6 Å². The number of hydrogen-bond donors (Lipinski definition) is 0. The highest BCUT2D eigenvalue weighted by molar-refractivity contribution is 5.93. The maximum atomic E-state index is 2.52. The Balaban J connectivity index is 2.02. The average Bonchev–Trinajstić information content (AvgIpc) is 2.76. The summed E-state index contributed by atoms with van der Waals surface area (Å²) in [6.45, 7) is 3.55. The monoisotopic (exact) mass is 252 g/mol. The van der Waals surface area contributed by atoms with E-state index >= 15 is 0 Å². The van der Waals surface area contributed by atoms with Crippen molar-refractivity contribution in [3.8, 4) is 0 Å². The minimum atomic E-state index is 0.591. The van der Waals surface area contributed by atoms with E-state index in [1.807, 2.05) is 0 Å². The molecule has 0 bridgehead atoms. The van der Waals surface area contributed by atoms with E-state index in [0.29, 0.717) is 12.0 Å². The summed E-state index contributed by atoms with van der Waals surface area (Å²) in [5.41, 5.74) is 5.89. The number of benzene rings is 1. The minimum absolute atomic E-state index is 0.591. The van der Waals surface area contributed by atoms with Crippen LogP contribution in [0.3, 0.4) is 0 Å². The maximum Gasteiger partial charge on any atom is 0.0486 e. The number of likely N-dealkylation sites (tertiary alicyclic amines) is 1. The molecule has 0 amide bonds. The maximum absolute atomic E-state index is 2.52. The van der Waals surface area contributed by atoms with Crippen molar-refractivity contribution in [3.05, 3.63) is 41.1 Å². The van der Waals surface area contributed by atoms with Gasteiger partial charge in [0.05, 0.1) is 0 Å². The second-order valence-electron chi connectivity index (χ2n) is 6.21. The first-order valence-electron chi connectivity index (χ1n) is 7.14. The molecule has 0 N–H and O–H groups in total. The molecule has 1 aliphatic carbocycles. The van der Waals surface area contributed by atoms with Crippen LogP contribution < -0.4 is 0 Å². The molecule has 1 aromatic heterocycles. The number of aromatic nitrogens is 1. The summed E-state index contributed by atoms with van der Waals surface area (Å²) < 4.78 is 2.27. The fraction of sp³-hybridized carbons (Fsp3) is 0.412. The van der Waals surface area contributed by atoms with Crippen LogP contribution in [0.4, 0.5) is 0 Å². The smallest absolute Gasteiger partial charge is 0.0486 e. The second kappa shape index (κ2) is 3.73. The zero-order valence-electron chi connectivity index (χ0n) is 11.9. The first kappa shape index (κ1) is 11.3. The van der Waals surface area contributed by atoms with Crippen molar-refractivity contribution in [1.82, 2.24) is 9.47 Å². The van der Waals surface area contributed by atoms with Crippen molar-refractivity contribution >= 4 is 17.0 Å². The molecule has 19 heavy (non-hydrogen) atoms. The van der Waals surface area contributed by atoms with Gasteiger partial charge in [-0.2, -0.15) is 0 Å². The second-order valence-corrected chi connectivity index (χ2v) is 6.21. The molecule has 1 saturated heterocycles. The van der Waals surface area contributed by atoms with Gasteiger partial charge in [0.15, 0.2) is 0 Å². The largest absolute Gasteiger partial charge is 0.350 e. The molecule has 0 spiro atoms. The Morgan fingerprint density at radius 3 is 2.89 bits per heavy atom. The molecular weight excluding hydrogens is 232 g/mol. The SMILES string of the molecule is C[C@H]1CN(C)[C@@H]2Cc3cn(C)c4cccc(c34)C=C21. The molecular formula is C17H20N2. The van der Waals surface area contributed by atoms with Crippen molar-refractivity contribution in [2.24, 2.45) is 13.0 Å². The van der Waals surface area contributed by atoms with E-state index in [4.69, 9.17) is 0 Å². The summed E-state index contributed by atoms with van der Waals surface area (Å²) in [5, 5.41) is 1.47. The van der Waals surface area contributed by atoms with Crippen LogP contribution in [-0.4, -0.2) is 29.1 Å². The third kappa shape index (κ3) is 1.47. The molecule has 2 aliphatic rings. The zero-order valence-corrected chi connectivity index (χ0v) is 11.9. The number of likely N-dealkylation sites (N-methyl/N-ethyl adjacent to an activating group) is 1. The Labute approximate surface area is 114 Å². The van der Waals surface area contributed by atoms with Crippen molar-refractivity contribution in [2.45, 2.75) is 19.4 Å². The summed E-state index contributed by atoms with van der Waals surface area (Å²) in [6, 6.07) is 7.27. The predicted octanol–water partition coefficient (Wildman–Crippen LogP) is 3.07. The van der Waals surface area contributed by atoms with E-state index in [1.165, 1.54) is 28.6 Å². The molecule has 2 nitrogen and oxygen atoms in total. The highest BCUT2D eigenvalue weighted by atomic mass is 15.2. The van der Waals surface area contributed by atoms with Gasteiger partial charge in [0, 0.05) is 36.7 Å². The van der Waals surface area contributed by atoms with Gasteiger partial charge in [-0.05, 0) is 42.2 Å². The van der Waals surface area contributed by atoms with Gasteiger partial charge in [-0.25, -0.2) is 0 Å². The van der Waals surface area contributed by atoms with Crippen LogP contribution in [0.25, 0.3) is 17.0 Å². The highest BCUT2D eigenvalue weighted by Crippen LogP contribution is 2.38. The lowest BCUT2D eigenvalue weighted by Gasteiger charge is -2.19. The molecule has 1 fully saturated rings. The van der Waals surface area contributed by atoms with E-state index < -0.39 is 0 Å². The van der Waals surface area contributed by atoms with Gasteiger partial charge in [-0.15, -0.1) is 0 Å². The van der Waals surface area contributed by atoms with Gasteiger partial charge in [0.2, 0.25) is 0 Å². The topological polar surface area (TPSA) is 8.17 Å². The van der Waals surface area contributed by atoms with E-state index in [-0.39, 0.29) is 0 Å². The molecule has 2 heterocycles. The molecule has 1 aliphatic heterocycles. The van der Waals surface area contributed by atoms with Gasteiger partial charge < -0.3 is 4.57 Å². The van der Waals surface area contributed by atoms with Gasteiger partial charge >= 0.3 is 0 Å². The van der Waals surface area contributed by atoms with Gasteiger partial charge in [0.1, 0.15) is 0 Å². The van der Waals surface area contributed by atoms with Crippen LogP contribution in [0, 0.1) is 5.92 Å². The Kier molecular flexibility index (Phi) is 2.22. The number of rotatable bonds is 0. The lowest BCUT2D eigenvalue weighted by Crippen LogP contribution is -2.27. The molecule has 1 aromatic carbocycles. The standard InChI is InChI=1S/C17H20N2/c1-11-9-18(2)16-8-13-10-19(3)15-6-4-5-12(17(13)15)7-14(11)16/h4-7,10-11,16H,8-9H2,1-3H3/t11-,16+/m0/s1. The highest BCUT2D eigenvalue weighted by Gasteiger charge is 2.34. The number of aryl methyl sites for hydroxylation is 1. The summed E-state index contributed by atoms with van der Waals surface area (Å²) in [6.07, 6.45) is 5.93. The molecule has 0 saturated carbocycles. The van der Waals surface area contributed by atoms with Gasteiger partial charge in [-0.1, -0.05) is 25.1 Å². The van der Waals surface area contributed by atoms with Crippen LogP contribution in [0.1, 0.15) is 18.1 Å². The molecule has 2 heteroatoms. The van der Waals surface area contributed by atoms with Gasteiger partial charge in [0.25, 0.3) is 0 Å². The lowest BCUT2D eigenvalue weighted by molar-refractivity contribution is 0.320. The molecule has 0 unspecified atom stereocenters. The van der Waals surface area contributed by atoms with E-state index in [2.05, 4.69) is 61.0 Å². The van der Waals surface area contributed by atoms with Crippen LogP contribution >= 0.6 is 0 Å². The third-order valence-corrected chi connectivity index (χ3v) is 4.91. The summed E-state index contributed by atoms with van der Waals surface area (Å²) in [4.78, 5) is 2.52. The Bertz CT molecular complexity index is 693. The van der Waals surface area contributed by atoms with Crippen molar-refractivity contribution < 1.29 is 0 Å². The van der Waals surface area contributed by atoms with Crippen LogP contribution in [0.15, 0.2) is 30.0 Å². The molecule has 2 atom stereocenters. The summed E-state index contributed by atoms with van der Waals surface area (Å²) in [5.74, 6) is 0.683. The number of fused-ring (bicyclic) bond motifs is 1. The zero-order chi connectivity index (χ0) is 13.1. The van der Waals surface area contributed by atoms with Crippen molar-refractivity contribution in [3.63, 3.8) is 0 Å². The van der Waals surface area contributed by atoms with E-state index in [9.17, 15) is 0 Å². The minimum Gasteiger partial charge on any atom is -0.350 e. The van der Waals surface area contributed by atoms with Gasteiger partial charge in [-0.3, -0.25) is 4.90 Å². The van der Waals surface area contributed by atoms with Crippen LogP contribution in [0.2, 0.25) is 0 Å². The number of nitrogens with zero attached hydrogens (tertiary/aromatic N) is 2. The summed E-state index contributed by atoms with van der Waals surface area (Å²) in [7, 11) is 4.42.